The highest BCUT2D eigenvalue weighted by molar-refractivity contribution is 7.89. The largest absolute Gasteiger partial charge is 0.491 e. The minimum atomic E-state index is -3.62. The molecule has 2 aromatic carbocycles. The summed E-state index contributed by atoms with van der Waals surface area (Å²) in [6.07, 6.45) is 0. The zero-order valence-electron chi connectivity index (χ0n) is 17.0. The molecule has 0 spiro atoms. The minimum absolute atomic E-state index is 0.122. The molecule has 0 aliphatic heterocycles. The van der Waals surface area contributed by atoms with Crippen LogP contribution in [0.15, 0.2) is 47.4 Å². The Balaban J connectivity index is 1.89. The lowest BCUT2D eigenvalue weighted by molar-refractivity contribution is 0.0947. The van der Waals surface area contributed by atoms with Crippen LogP contribution in [0.3, 0.4) is 0 Å². The first kappa shape index (κ1) is 21.9. The van der Waals surface area contributed by atoms with Gasteiger partial charge in [0.2, 0.25) is 10.0 Å². The van der Waals surface area contributed by atoms with E-state index < -0.39 is 15.6 Å². The maximum Gasteiger partial charge on any atom is 0.251 e. The SMILES string of the molecule is Cc1ccc(OCCNC(=O)c2ccc(S(=O)(=O)NC(C)(C)C)cc2)c(C)c1. The maximum absolute atomic E-state index is 12.3. The number of nitrogens with one attached hydrogen (secondary N) is 2. The Morgan fingerprint density at radius 3 is 2.25 bits per heavy atom. The summed E-state index contributed by atoms with van der Waals surface area (Å²) in [6, 6.07) is 11.8. The molecule has 6 nitrogen and oxygen atoms in total. The van der Waals surface area contributed by atoms with Gasteiger partial charge in [-0.3, -0.25) is 4.79 Å². The first-order chi connectivity index (χ1) is 13.0. The van der Waals surface area contributed by atoms with Crippen molar-refractivity contribution in [2.45, 2.75) is 45.1 Å². The molecule has 2 aromatic rings. The van der Waals surface area contributed by atoms with Crippen molar-refractivity contribution in [3.63, 3.8) is 0 Å². The van der Waals surface area contributed by atoms with Gasteiger partial charge < -0.3 is 10.1 Å². The maximum atomic E-state index is 12.3. The molecule has 0 aliphatic rings. The van der Waals surface area contributed by atoms with E-state index >= 15 is 0 Å². The fourth-order valence-electron chi connectivity index (χ4n) is 2.64. The molecular formula is C21H28N2O4S. The Labute approximate surface area is 167 Å². The Bertz CT molecular complexity index is 930. The van der Waals surface area contributed by atoms with Gasteiger partial charge in [0.05, 0.1) is 11.4 Å². The minimum Gasteiger partial charge on any atom is -0.491 e. The van der Waals surface area contributed by atoms with Gasteiger partial charge in [-0.25, -0.2) is 13.1 Å². The predicted molar refractivity (Wildman–Crippen MR) is 110 cm³/mol. The zero-order valence-corrected chi connectivity index (χ0v) is 17.8. The number of hydrogen-bond acceptors (Lipinski definition) is 4. The number of ether oxygens (including phenoxy) is 1. The topological polar surface area (TPSA) is 84.5 Å². The summed E-state index contributed by atoms with van der Waals surface area (Å²) in [5.74, 6) is 0.512. The van der Waals surface area contributed by atoms with E-state index in [0.29, 0.717) is 18.7 Å². The number of carbonyl (C=O) groups is 1. The Kier molecular flexibility index (Phi) is 6.85. The van der Waals surface area contributed by atoms with Gasteiger partial charge in [-0.15, -0.1) is 0 Å². The first-order valence-electron chi connectivity index (χ1n) is 9.10. The van der Waals surface area contributed by atoms with Gasteiger partial charge in [0.1, 0.15) is 12.4 Å². The van der Waals surface area contributed by atoms with Crippen LogP contribution in [-0.2, 0) is 10.0 Å². The average molecular weight is 405 g/mol. The van der Waals surface area contributed by atoms with Crippen LogP contribution in [0, 0.1) is 13.8 Å². The van der Waals surface area contributed by atoms with Crippen LogP contribution in [0.4, 0.5) is 0 Å². The summed E-state index contributed by atoms with van der Waals surface area (Å²) < 4.78 is 32.9. The number of carbonyl (C=O) groups excluding carboxylic acids is 1. The fraction of sp³-hybridized carbons (Fsp3) is 0.381. The van der Waals surface area contributed by atoms with Crippen molar-refractivity contribution in [1.29, 1.82) is 0 Å². The molecular weight excluding hydrogens is 376 g/mol. The molecule has 0 heterocycles. The van der Waals surface area contributed by atoms with Gasteiger partial charge in [-0.2, -0.15) is 0 Å². The second-order valence-electron chi connectivity index (χ2n) is 7.75. The molecule has 0 fully saturated rings. The summed E-state index contributed by atoms with van der Waals surface area (Å²) in [5, 5.41) is 2.77. The van der Waals surface area contributed by atoms with E-state index in [0.717, 1.165) is 11.3 Å². The van der Waals surface area contributed by atoms with Crippen LogP contribution in [0.5, 0.6) is 5.75 Å². The second kappa shape index (κ2) is 8.75. The lowest BCUT2D eigenvalue weighted by Gasteiger charge is -2.20. The number of amides is 1. The number of benzene rings is 2. The summed E-state index contributed by atoms with van der Waals surface area (Å²) in [7, 11) is -3.62. The highest BCUT2D eigenvalue weighted by Crippen LogP contribution is 2.18. The molecule has 0 bridgehead atoms. The number of sulfonamides is 1. The molecule has 7 heteroatoms. The van der Waals surface area contributed by atoms with Crippen molar-refractivity contribution in [3.8, 4) is 5.75 Å². The van der Waals surface area contributed by atoms with Crippen LogP contribution in [-0.4, -0.2) is 33.0 Å². The van der Waals surface area contributed by atoms with E-state index in [-0.39, 0.29) is 10.8 Å². The van der Waals surface area contributed by atoms with Crippen LogP contribution in [0.1, 0.15) is 42.3 Å². The highest BCUT2D eigenvalue weighted by Gasteiger charge is 2.22. The zero-order chi connectivity index (χ0) is 20.9. The van der Waals surface area contributed by atoms with Gasteiger partial charge in [0.25, 0.3) is 5.91 Å². The van der Waals surface area contributed by atoms with Crippen molar-refractivity contribution in [2.75, 3.05) is 13.2 Å². The van der Waals surface area contributed by atoms with Crippen LogP contribution in [0.2, 0.25) is 0 Å². The van der Waals surface area contributed by atoms with Crippen molar-refractivity contribution >= 4 is 15.9 Å². The molecule has 0 saturated heterocycles. The fourth-order valence-corrected chi connectivity index (χ4v) is 4.05. The number of hydrogen-bond donors (Lipinski definition) is 2. The van der Waals surface area contributed by atoms with Gasteiger partial charge in [-0.05, 0) is 70.5 Å². The number of rotatable bonds is 7. The van der Waals surface area contributed by atoms with Gasteiger partial charge in [-0.1, -0.05) is 17.7 Å². The third-order valence-corrected chi connectivity index (χ3v) is 5.62. The molecule has 2 N–H and O–H groups in total. The molecule has 0 radical (unpaired) electrons. The quantitative estimate of drug-likeness (QED) is 0.694. The highest BCUT2D eigenvalue weighted by atomic mass is 32.2. The lowest BCUT2D eigenvalue weighted by atomic mass is 10.1. The van der Waals surface area contributed by atoms with Crippen LogP contribution < -0.4 is 14.8 Å². The third kappa shape index (κ3) is 6.35. The monoisotopic (exact) mass is 404 g/mol. The summed E-state index contributed by atoms with van der Waals surface area (Å²) >= 11 is 0. The van der Waals surface area contributed by atoms with Crippen molar-refractivity contribution in [2.24, 2.45) is 0 Å². The standard InChI is InChI=1S/C21H28N2O4S/c1-15-6-11-19(16(2)14-15)27-13-12-22-20(24)17-7-9-18(10-8-17)28(25,26)23-21(3,4)5/h6-11,14,23H,12-13H2,1-5H3,(H,22,24). The smallest absolute Gasteiger partial charge is 0.251 e. The lowest BCUT2D eigenvalue weighted by Crippen LogP contribution is -2.40. The van der Waals surface area contributed by atoms with Crippen molar-refractivity contribution in [3.05, 3.63) is 59.2 Å². The molecule has 0 atom stereocenters. The van der Waals surface area contributed by atoms with E-state index in [4.69, 9.17) is 4.74 Å². The molecule has 0 unspecified atom stereocenters. The Morgan fingerprint density at radius 2 is 1.68 bits per heavy atom. The van der Waals surface area contributed by atoms with E-state index in [1.807, 2.05) is 32.0 Å². The van der Waals surface area contributed by atoms with Crippen LogP contribution >= 0.6 is 0 Å². The predicted octanol–water partition coefficient (Wildman–Crippen LogP) is 3.19. The molecule has 0 aromatic heterocycles. The number of aryl methyl sites for hydroxylation is 2. The molecule has 28 heavy (non-hydrogen) atoms. The molecule has 0 saturated carbocycles. The second-order valence-corrected chi connectivity index (χ2v) is 9.44. The summed E-state index contributed by atoms with van der Waals surface area (Å²) in [6.45, 7) is 10.00. The van der Waals surface area contributed by atoms with E-state index in [1.165, 1.54) is 29.8 Å². The molecule has 1 amide bonds. The molecule has 2 rings (SSSR count). The van der Waals surface area contributed by atoms with Crippen molar-refractivity contribution in [1.82, 2.24) is 10.0 Å². The van der Waals surface area contributed by atoms with E-state index in [9.17, 15) is 13.2 Å². The average Bonchev–Trinajstić information content (AvgIpc) is 2.58. The van der Waals surface area contributed by atoms with Gasteiger partial charge >= 0.3 is 0 Å². The normalized spacial score (nSPS) is 11.9. The molecule has 0 aliphatic carbocycles. The van der Waals surface area contributed by atoms with Crippen LogP contribution in [0.25, 0.3) is 0 Å². The Morgan fingerprint density at radius 1 is 1.04 bits per heavy atom. The van der Waals surface area contributed by atoms with Gasteiger partial charge in [0.15, 0.2) is 0 Å². The Hall–Kier alpha value is -2.38. The van der Waals surface area contributed by atoms with E-state index in [1.54, 1.807) is 20.8 Å². The first-order valence-corrected chi connectivity index (χ1v) is 10.6. The molecule has 152 valence electrons. The summed E-state index contributed by atoms with van der Waals surface area (Å²) in [5.41, 5.74) is 2.03. The van der Waals surface area contributed by atoms with E-state index in [2.05, 4.69) is 10.0 Å². The van der Waals surface area contributed by atoms with Gasteiger partial charge in [0, 0.05) is 11.1 Å². The summed E-state index contributed by atoms with van der Waals surface area (Å²) in [4.78, 5) is 12.3. The third-order valence-electron chi connectivity index (χ3n) is 3.84. The van der Waals surface area contributed by atoms with Crippen molar-refractivity contribution < 1.29 is 17.9 Å².